The fraction of sp³-hybridized carbons (Fsp3) is 0.158. The zero-order valence-electron chi connectivity index (χ0n) is 15.9. The van der Waals surface area contributed by atoms with Gasteiger partial charge in [0.1, 0.15) is 18.1 Å². The molecule has 0 spiro atoms. The van der Waals surface area contributed by atoms with E-state index in [1.807, 2.05) is 0 Å². The van der Waals surface area contributed by atoms with Crippen LogP contribution in [0.2, 0.25) is 10.0 Å². The molecule has 0 bridgehead atoms. The largest absolute Gasteiger partial charge is 0.506 e. The maximum absolute atomic E-state index is 12.2. The summed E-state index contributed by atoms with van der Waals surface area (Å²) in [6.45, 7) is -0.469. The number of aliphatic carboxylic acids is 1. The number of phenolic OH excluding ortho intramolecular Hbond substituents is 1. The Morgan fingerprint density at radius 2 is 1.94 bits per heavy atom. The van der Waals surface area contributed by atoms with Gasteiger partial charge in [0, 0.05) is 17.0 Å². The van der Waals surface area contributed by atoms with E-state index in [4.69, 9.17) is 29.0 Å². The molecule has 1 unspecified atom stereocenters. The van der Waals surface area contributed by atoms with Crippen molar-refractivity contribution in [1.29, 1.82) is 0 Å². The second-order valence-corrected chi connectivity index (χ2v) is 7.06. The zero-order valence-corrected chi connectivity index (χ0v) is 17.4. The summed E-state index contributed by atoms with van der Waals surface area (Å²) in [6.07, 6.45) is 0.970. The van der Waals surface area contributed by atoms with Gasteiger partial charge >= 0.3 is 5.97 Å². The highest BCUT2D eigenvalue weighted by atomic mass is 35.5. The highest BCUT2D eigenvalue weighted by Gasteiger charge is 2.23. The van der Waals surface area contributed by atoms with Gasteiger partial charge < -0.3 is 26.3 Å². The number of amides is 2. The molecule has 0 aromatic heterocycles. The third-order valence-electron chi connectivity index (χ3n) is 3.97. The normalized spacial score (nSPS) is 11.7. The van der Waals surface area contributed by atoms with Crippen molar-refractivity contribution in [3.8, 4) is 5.75 Å². The molecule has 2 amide bonds. The molecule has 10 nitrogen and oxygen atoms in total. The number of nitrogens with one attached hydrogen (secondary N) is 3. The lowest BCUT2D eigenvalue weighted by Gasteiger charge is -2.16. The number of benzene rings is 2. The third-order valence-corrected chi connectivity index (χ3v) is 4.48. The molecule has 1 atom stereocenters. The SMILES string of the molecule is NNC=Nc1cccc(C(=O)NCC(=O)NC(Cc2cc(Cl)cc(Cl)c2O)C(=O)O)c1. The maximum atomic E-state index is 12.2. The molecule has 0 aliphatic carbocycles. The highest BCUT2D eigenvalue weighted by Crippen LogP contribution is 2.31. The number of carbonyl (C=O) groups excluding carboxylic acids is 2. The van der Waals surface area contributed by atoms with Crippen LogP contribution in [0.25, 0.3) is 0 Å². The number of phenols is 1. The van der Waals surface area contributed by atoms with Crippen LogP contribution in [0.3, 0.4) is 0 Å². The first-order valence-electron chi connectivity index (χ1n) is 8.77. The zero-order chi connectivity index (χ0) is 23.0. The average molecular weight is 468 g/mol. The van der Waals surface area contributed by atoms with E-state index < -0.39 is 30.4 Å². The molecule has 2 aromatic carbocycles. The first-order valence-corrected chi connectivity index (χ1v) is 9.52. The quantitative estimate of drug-likeness (QED) is 0.140. The minimum atomic E-state index is -1.38. The molecule has 164 valence electrons. The molecular weight excluding hydrogens is 449 g/mol. The van der Waals surface area contributed by atoms with Crippen LogP contribution in [0.1, 0.15) is 15.9 Å². The van der Waals surface area contributed by atoms with Crippen LogP contribution in [-0.4, -0.2) is 46.9 Å². The summed E-state index contributed by atoms with van der Waals surface area (Å²) in [5, 5.41) is 24.2. The lowest BCUT2D eigenvalue weighted by atomic mass is 10.0. The Morgan fingerprint density at radius 1 is 1.19 bits per heavy atom. The third kappa shape index (κ3) is 7.14. The molecule has 0 fully saturated rings. The van der Waals surface area contributed by atoms with Crippen molar-refractivity contribution in [1.82, 2.24) is 16.1 Å². The van der Waals surface area contributed by atoms with Crippen LogP contribution in [-0.2, 0) is 16.0 Å². The number of carboxylic acids is 1. The minimum Gasteiger partial charge on any atom is -0.506 e. The minimum absolute atomic E-state index is 0.0426. The molecule has 2 aromatic rings. The molecule has 31 heavy (non-hydrogen) atoms. The molecular formula is C19H19Cl2N5O5. The molecule has 12 heteroatoms. The number of hydrogen-bond acceptors (Lipinski definition) is 6. The molecule has 0 saturated heterocycles. The van der Waals surface area contributed by atoms with Crippen LogP contribution in [0, 0.1) is 0 Å². The van der Waals surface area contributed by atoms with Gasteiger partial charge in [0.2, 0.25) is 5.91 Å². The van der Waals surface area contributed by atoms with Crippen molar-refractivity contribution in [2.24, 2.45) is 10.8 Å². The summed E-state index contributed by atoms with van der Waals surface area (Å²) >= 11 is 11.7. The standard InChI is InChI=1S/C19H19Cl2N5O5/c20-12-4-11(17(28)14(21)7-12)6-15(19(30)31)26-16(27)8-23-18(29)10-2-1-3-13(5-10)24-9-25-22/h1-5,7,9,15,28H,6,8,22H2,(H,23,29)(H,24,25)(H,26,27)(H,30,31). The van der Waals surface area contributed by atoms with Gasteiger partial charge in [-0.2, -0.15) is 0 Å². The van der Waals surface area contributed by atoms with Crippen molar-refractivity contribution in [3.63, 3.8) is 0 Å². The second kappa shape index (κ2) is 11.2. The Morgan fingerprint density at radius 3 is 2.61 bits per heavy atom. The Hall–Kier alpha value is -3.34. The van der Waals surface area contributed by atoms with Crippen LogP contribution >= 0.6 is 23.2 Å². The predicted molar refractivity (Wildman–Crippen MR) is 116 cm³/mol. The number of hydrogen-bond donors (Lipinski definition) is 6. The number of hydrazine groups is 1. The second-order valence-electron chi connectivity index (χ2n) is 6.22. The van der Waals surface area contributed by atoms with Gasteiger partial charge in [0.05, 0.1) is 17.3 Å². The topological polar surface area (TPSA) is 166 Å². The first-order chi connectivity index (χ1) is 14.7. The molecule has 2 rings (SSSR count). The monoisotopic (exact) mass is 467 g/mol. The number of aliphatic imine (C=N–C) groups is 1. The first kappa shape index (κ1) is 23.9. The average Bonchev–Trinajstić information content (AvgIpc) is 2.73. The van der Waals surface area contributed by atoms with Gasteiger partial charge in [-0.25, -0.2) is 15.6 Å². The summed E-state index contributed by atoms with van der Waals surface area (Å²) in [5.74, 6) is 2.13. The number of rotatable bonds is 9. The maximum Gasteiger partial charge on any atom is 0.326 e. The smallest absolute Gasteiger partial charge is 0.326 e. The van der Waals surface area contributed by atoms with Gasteiger partial charge in [0.15, 0.2) is 0 Å². The van der Waals surface area contributed by atoms with Crippen LogP contribution in [0.4, 0.5) is 5.69 Å². The van der Waals surface area contributed by atoms with E-state index >= 15 is 0 Å². The Bertz CT molecular complexity index is 1020. The molecule has 0 aliphatic heterocycles. The Labute approximate surface area is 187 Å². The van der Waals surface area contributed by atoms with E-state index in [-0.39, 0.29) is 33.3 Å². The summed E-state index contributed by atoms with van der Waals surface area (Å²) in [5.41, 5.74) is 3.09. The van der Waals surface area contributed by atoms with Crippen LogP contribution in [0.15, 0.2) is 41.4 Å². The Balaban J connectivity index is 1.99. The number of nitrogens with two attached hydrogens (primary N) is 1. The number of carbonyl (C=O) groups is 3. The van der Waals surface area contributed by atoms with E-state index in [1.165, 1.54) is 30.6 Å². The molecule has 0 aliphatic rings. The summed E-state index contributed by atoms with van der Waals surface area (Å²) in [4.78, 5) is 39.9. The van der Waals surface area contributed by atoms with Crippen molar-refractivity contribution < 1.29 is 24.6 Å². The Kier molecular flexibility index (Phi) is 8.62. The lowest BCUT2D eigenvalue weighted by molar-refractivity contribution is -0.141. The van der Waals surface area contributed by atoms with Gasteiger partial charge in [-0.1, -0.05) is 29.3 Å². The molecule has 0 radical (unpaired) electrons. The van der Waals surface area contributed by atoms with Crippen molar-refractivity contribution in [3.05, 3.63) is 57.6 Å². The number of halogens is 2. The highest BCUT2D eigenvalue weighted by molar-refractivity contribution is 6.35. The number of carboxylic acid groups (broad SMARTS) is 1. The van der Waals surface area contributed by atoms with Crippen molar-refractivity contribution >= 4 is 53.0 Å². The molecule has 7 N–H and O–H groups in total. The number of nitrogens with zero attached hydrogens (tertiary/aromatic N) is 1. The number of aromatic hydroxyl groups is 1. The fourth-order valence-corrected chi connectivity index (χ4v) is 3.08. The lowest BCUT2D eigenvalue weighted by Crippen LogP contribution is -2.46. The van der Waals surface area contributed by atoms with E-state index in [0.29, 0.717) is 5.69 Å². The van der Waals surface area contributed by atoms with E-state index in [0.717, 1.165) is 0 Å². The van der Waals surface area contributed by atoms with Gasteiger partial charge in [-0.15, -0.1) is 0 Å². The van der Waals surface area contributed by atoms with Crippen molar-refractivity contribution in [2.75, 3.05) is 6.54 Å². The van der Waals surface area contributed by atoms with E-state index in [2.05, 4.69) is 21.1 Å². The summed E-state index contributed by atoms with van der Waals surface area (Å²) in [7, 11) is 0. The summed E-state index contributed by atoms with van der Waals surface area (Å²) in [6, 6.07) is 7.51. The van der Waals surface area contributed by atoms with Crippen LogP contribution in [0.5, 0.6) is 5.75 Å². The van der Waals surface area contributed by atoms with Gasteiger partial charge in [0.25, 0.3) is 5.91 Å². The predicted octanol–water partition coefficient (Wildman–Crippen LogP) is 1.36. The van der Waals surface area contributed by atoms with Crippen molar-refractivity contribution in [2.45, 2.75) is 12.5 Å². The summed E-state index contributed by atoms with van der Waals surface area (Å²) < 4.78 is 0. The van der Waals surface area contributed by atoms with E-state index in [9.17, 15) is 24.6 Å². The fourth-order valence-electron chi connectivity index (χ4n) is 2.54. The molecule has 0 heterocycles. The van der Waals surface area contributed by atoms with Gasteiger partial charge in [-0.3, -0.25) is 9.59 Å². The molecule has 0 saturated carbocycles. The van der Waals surface area contributed by atoms with E-state index in [1.54, 1.807) is 12.1 Å². The van der Waals surface area contributed by atoms with Gasteiger partial charge in [-0.05, 0) is 35.9 Å². The van der Waals surface area contributed by atoms with Crippen LogP contribution < -0.4 is 21.9 Å².